The first-order valence-electron chi connectivity index (χ1n) is 7.58. The van der Waals surface area contributed by atoms with Crippen molar-refractivity contribution in [3.8, 4) is 5.75 Å². The number of hydrogen-bond donors (Lipinski definition) is 2. The normalized spacial score (nSPS) is 11.2. The Morgan fingerprint density at radius 3 is 2.43 bits per heavy atom. The average molecular weight is 292 g/mol. The lowest BCUT2D eigenvalue weighted by Gasteiger charge is -2.25. The van der Waals surface area contributed by atoms with E-state index in [4.69, 9.17) is 4.74 Å². The Morgan fingerprint density at radius 1 is 1.19 bits per heavy atom. The maximum atomic E-state index is 11.9. The van der Waals surface area contributed by atoms with Crippen molar-refractivity contribution in [2.45, 2.75) is 27.7 Å². The van der Waals surface area contributed by atoms with Gasteiger partial charge in [-0.05, 0) is 36.4 Å². The first-order chi connectivity index (χ1) is 9.93. The summed E-state index contributed by atoms with van der Waals surface area (Å²) in [6.45, 7) is 10.1. The molecule has 0 bridgehead atoms. The van der Waals surface area contributed by atoms with E-state index in [9.17, 15) is 4.79 Å². The molecule has 4 nitrogen and oxygen atoms in total. The summed E-state index contributed by atoms with van der Waals surface area (Å²) in [5.41, 5.74) is 0.755. The van der Waals surface area contributed by atoms with E-state index < -0.39 is 0 Å². The molecule has 0 aliphatic carbocycles. The number of hydrogen-bond acceptors (Lipinski definition) is 3. The van der Waals surface area contributed by atoms with Crippen LogP contribution in [0.25, 0.3) is 0 Å². The van der Waals surface area contributed by atoms with Crippen LogP contribution in [0.3, 0.4) is 0 Å². The lowest BCUT2D eigenvalue weighted by Crippen LogP contribution is -2.35. The quantitative estimate of drug-likeness (QED) is 0.774. The van der Waals surface area contributed by atoms with Gasteiger partial charge in [0.2, 0.25) is 5.91 Å². The van der Waals surface area contributed by atoms with Crippen LogP contribution in [0.15, 0.2) is 24.3 Å². The third kappa shape index (κ3) is 6.17. The molecule has 0 atom stereocenters. The predicted molar refractivity (Wildman–Crippen MR) is 87.7 cm³/mol. The van der Waals surface area contributed by atoms with Gasteiger partial charge in [0.05, 0.1) is 13.7 Å². The molecule has 0 radical (unpaired) electrons. The molecular formula is C17H28N2O2. The van der Waals surface area contributed by atoms with Crippen molar-refractivity contribution in [1.29, 1.82) is 0 Å². The molecule has 21 heavy (non-hydrogen) atoms. The Bertz CT molecular complexity index is 436. The van der Waals surface area contributed by atoms with Crippen LogP contribution in [0, 0.1) is 17.8 Å². The number of benzene rings is 1. The number of nitrogens with one attached hydrogen (secondary N) is 2. The first kappa shape index (κ1) is 17.5. The van der Waals surface area contributed by atoms with Crippen LogP contribution in [0.5, 0.6) is 5.75 Å². The van der Waals surface area contributed by atoms with Gasteiger partial charge in [0.1, 0.15) is 5.75 Å². The number of methoxy groups -OCH3 is 1. The van der Waals surface area contributed by atoms with Crippen molar-refractivity contribution in [1.82, 2.24) is 5.32 Å². The van der Waals surface area contributed by atoms with Crippen molar-refractivity contribution in [2.75, 3.05) is 25.5 Å². The number of carbonyl (C=O) groups is 1. The maximum Gasteiger partial charge on any atom is 0.238 e. The van der Waals surface area contributed by atoms with E-state index >= 15 is 0 Å². The molecule has 0 aromatic heterocycles. The Labute approximate surface area is 128 Å². The summed E-state index contributed by atoms with van der Waals surface area (Å²) < 4.78 is 5.13. The molecule has 0 spiro atoms. The molecule has 4 heteroatoms. The molecule has 0 unspecified atom stereocenters. The summed E-state index contributed by atoms with van der Waals surface area (Å²) >= 11 is 0. The average Bonchev–Trinajstić information content (AvgIpc) is 2.42. The number of carbonyl (C=O) groups excluding carboxylic acids is 1. The summed E-state index contributed by atoms with van der Waals surface area (Å²) in [6, 6.07) is 7.37. The molecule has 2 N–H and O–H groups in total. The molecule has 1 rings (SSSR count). The zero-order chi connectivity index (χ0) is 15.8. The van der Waals surface area contributed by atoms with E-state index in [1.807, 2.05) is 24.3 Å². The minimum absolute atomic E-state index is 0.0329. The molecule has 0 saturated carbocycles. The number of ether oxygens (including phenoxy) is 1. The monoisotopic (exact) mass is 292 g/mol. The second-order valence-corrected chi connectivity index (χ2v) is 6.06. The van der Waals surface area contributed by atoms with E-state index in [1.165, 1.54) is 0 Å². The highest BCUT2D eigenvalue weighted by atomic mass is 16.5. The van der Waals surface area contributed by atoms with Gasteiger partial charge >= 0.3 is 0 Å². The largest absolute Gasteiger partial charge is 0.497 e. The van der Waals surface area contributed by atoms with Crippen molar-refractivity contribution >= 4 is 11.6 Å². The summed E-state index contributed by atoms with van der Waals surface area (Å²) in [5.74, 6) is 2.50. The van der Waals surface area contributed by atoms with E-state index in [-0.39, 0.29) is 5.91 Å². The van der Waals surface area contributed by atoms with Gasteiger partial charge in [0.15, 0.2) is 0 Å². The van der Waals surface area contributed by atoms with Crippen molar-refractivity contribution in [3.63, 3.8) is 0 Å². The summed E-state index contributed by atoms with van der Waals surface area (Å²) in [6.07, 6.45) is 0. The van der Waals surface area contributed by atoms with Crippen molar-refractivity contribution < 1.29 is 9.53 Å². The third-order valence-corrected chi connectivity index (χ3v) is 3.73. The van der Waals surface area contributed by atoms with Gasteiger partial charge in [-0.15, -0.1) is 0 Å². The Balaban J connectivity index is 2.40. The molecule has 1 aromatic rings. The van der Waals surface area contributed by atoms with Gasteiger partial charge in [-0.25, -0.2) is 0 Å². The van der Waals surface area contributed by atoms with Gasteiger partial charge in [-0.2, -0.15) is 0 Å². The third-order valence-electron chi connectivity index (χ3n) is 3.73. The highest BCUT2D eigenvalue weighted by Crippen LogP contribution is 2.19. The maximum absolute atomic E-state index is 11.9. The number of amides is 1. The van der Waals surface area contributed by atoms with Gasteiger partial charge in [0, 0.05) is 11.8 Å². The molecule has 1 aromatic carbocycles. The molecule has 0 fully saturated rings. The smallest absolute Gasteiger partial charge is 0.238 e. The predicted octanol–water partition coefficient (Wildman–Crippen LogP) is 3.15. The summed E-state index contributed by atoms with van der Waals surface area (Å²) in [7, 11) is 1.61. The van der Waals surface area contributed by atoms with Gasteiger partial charge in [-0.3, -0.25) is 4.79 Å². The zero-order valence-corrected chi connectivity index (χ0v) is 13.8. The Morgan fingerprint density at radius 2 is 1.86 bits per heavy atom. The molecule has 0 aliphatic heterocycles. The standard InChI is InChI=1S/C17H28N2O2/c1-12(2)16(13(3)4)10-18-11-17(20)19-14-7-6-8-15(9-14)21-5/h6-9,12-13,16,18H,10-11H2,1-5H3,(H,19,20). The van der Waals surface area contributed by atoms with E-state index in [2.05, 4.69) is 38.3 Å². The molecular weight excluding hydrogens is 264 g/mol. The number of anilines is 1. The highest BCUT2D eigenvalue weighted by molar-refractivity contribution is 5.92. The van der Waals surface area contributed by atoms with E-state index in [0.29, 0.717) is 24.3 Å². The van der Waals surface area contributed by atoms with Gasteiger partial charge in [0.25, 0.3) is 0 Å². The topological polar surface area (TPSA) is 50.4 Å². The molecule has 0 saturated heterocycles. The Kier molecular flexibility index (Phi) is 7.23. The number of rotatable bonds is 8. The molecule has 0 heterocycles. The van der Waals surface area contributed by atoms with Gasteiger partial charge < -0.3 is 15.4 Å². The lowest BCUT2D eigenvalue weighted by atomic mass is 9.85. The second-order valence-electron chi connectivity index (χ2n) is 6.06. The van der Waals surface area contributed by atoms with E-state index in [0.717, 1.165) is 18.0 Å². The minimum atomic E-state index is -0.0329. The highest BCUT2D eigenvalue weighted by Gasteiger charge is 2.17. The second kappa shape index (κ2) is 8.67. The van der Waals surface area contributed by atoms with Crippen LogP contribution < -0.4 is 15.4 Å². The SMILES string of the molecule is COc1cccc(NC(=O)CNCC(C(C)C)C(C)C)c1. The first-order valence-corrected chi connectivity index (χ1v) is 7.58. The van der Waals surface area contributed by atoms with Crippen molar-refractivity contribution in [2.24, 2.45) is 17.8 Å². The fourth-order valence-electron chi connectivity index (χ4n) is 2.50. The van der Waals surface area contributed by atoms with Crippen LogP contribution in [0.1, 0.15) is 27.7 Å². The van der Waals surface area contributed by atoms with Crippen LogP contribution >= 0.6 is 0 Å². The zero-order valence-electron chi connectivity index (χ0n) is 13.8. The van der Waals surface area contributed by atoms with Crippen LogP contribution in [-0.2, 0) is 4.79 Å². The fraction of sp³-hybridized carbons (Fsp3) is 0.588. The van der Waals surface area contributed by atoms with E-state index in [1.54, 1.807) is 7.11 Å². The molecule has 0 aliphatic rings. The van der Waals surface area contributed by atoms with Crippen LogP contribution in [-0.4, -0.2) is 26.1 Å². The summed E-state index contributed by atoms with van der Waals surface area (Å²) in [5, 5.41) is 6.12. The molecule has 118 valence electrons. The van der Waals surface area contributed by atoms with Gasteiger partial charge in [-0.1, -0.05) is 33.8 Å². The minimum Gasteiger partial charge on any atom is -0.497 e. The fourth-order valence-corrected chi connectivity index (χ4v) is 2.50. The van der Waals surface area contributed by atoms with Crippen LogP contribution in [0.2, 0.25) is 0 Å². The lowest BCUT2D eigenvalue weighted by molar-refractivity contribution is -0.115. The molecule has 1 amide bonds. The summed E-state index contributed by atoms with van der Waals surface area (Å²) in [4.78, 5) is 11.9. The Hall–Kier alpha value is -1.55. The van der Waals surface area contributed by atoms with Crippen molar-refractivity contribution in [3.05, 3.63) is 24.3 Å². The van der Waals surface area contributed by atoms with Crippen LogP contribution in [0.4, 0.5) is 5.69 Å².